The number of hydrogen-bond acceptors (Lipinski definition) is 3. The van der Waals surface area contributed by atoms with Gasteiger partial charge in [0, 0.05) is 12.1 Å². The van der Waals surface area contributed by atoms with Crippen LogP contribution in [0.25, 0.3) is 0 Å². The van der Waals surface area contributed by atoms with E-state index >= 15 is 0 Å². The van der Waals surface area contributed by atoms with E-state index in [-0.39, 0.29) is 18.4 Å². The van der Waals surface area contributed by atoms with E-state index in [0.29, 0.717) is 30.0 Å². The van der Waals surface area contributed by atoms with Gasteiger partial charge in [0.25, 0.3) is 5.91 Å². The summed E-state index contributed by atoms with van der Waals surface area (Å²) < 4.78 is 5.29. The topological polar surface area (TPSA) is 67.4 Å². The molecule has 23 heavy (non-hydrogen) atoms. The summed E-state index contributed by atoms with van der Waals surface area (Å²) in [4.78, 5) is 23.4. The van der Waals surface area contributed by atoms with E-state index in [0.717, 1.165) is 5.56 Å². The molecule has 0 saturated carbocycles. The van der Waals surface area contributed by atoms with Crippen molar-refractivity contribution in [3.05, 3.63) is 53.6 Å². The second-order valence-corrected chi connectivity index (χ2v) is 5.59. The number of carbonyl (C=O) groups is 2. The molecule has 0 saturated heterocycles. The minimum Gasteiger partial charge on any atom is -0.482 e. The molecule has 0 fully saturated rings. The van der Waals surface area contributed by atoms with Crippen LogP contribution in [0.15, 0.2) is 42.5 Å². The van der Waals surface area contributed by atoms with Crippen molar-refractivity contribution < 1.29 is 14.3 Å². The smallest absolute Gasteiger partial charge is 0.262 e. The summed E-state index contributed by atoms with van der Waals surface area (Å²) in [6, 6.07) is 13.3. The molecule has 2 amide bonds. The second-order valence-electron chi connectivity index (χ2n) is 5.59. The summed E-state index contributed by atoms with van der Waals surface area (Å²) in [6.45, 7) is 2.06. The van der Waals surface area contributed by atoms with Crippen molar-refractivity contribution in [2.75, 3.05) is 17.2 Å². The van der Waals surface area contributed by atoms with Gasteiger partial charge in [0.15, 0.2) is 6.61 Å². The average Bonchev–Trinajstić information content (AvgIpc) is 2.53. The Labute approximate surface area is 134 Å². The van der Waals surface area contributed by atoms with Crippen LogP contribution in [0.4, 0.5) is 11.4 Å². The lowest BCUT2D eigenvalue weighted by atomic mass is 10.1. The number of ether oxygens (including phenoxy) is 1. The third-order valence-corrected chi connectivity index (χ3v) is 3.62. The molecule has 2 aromatic carbocycles. The first-order chi connectivity index (χ1) is 11.1. The molecular formula is C18H18N2O3. The van der Waals surface area contributed by atoms with Gasteiger partial charge in [-0.2, -0.15) is 0 Å². The molecule has 1 heterocycles. The van der Waals surface area contributed by atoms with Crippen LogP contribution in [-0.4, -0.2) is 18.4 Å². The predicted octanol–water partition coefficient (Wildman–Crippen LogP) is 2.90. The standard InChI is InChI=1S/C18H18N2O3/c1-12-3-2-4-13(9-12)5-8-17(21)19-14-6-7-16-15(10-14)20-18(22)11-23-16/h2-4,6-7,9-10H,5,8,11H2,1H3,(H,19,21)(H,20,22). The van der Waals surface area contributed by atoms with E-state index in [2.05, 4.69) is 16.7 Å². The molecule has 0 unspecified atom stereocenters. The minimum absolute atomic E-state index is 0.0230. The fourth-order valence-electron chi connectivity index (χ4n) is 2.51. The maximum absolute atomic E-state index is 12.1. The molecule has 0 radical (unpaired) electrons. The van der Waals surface area contributed by atoms with Gasteiger partial charge in [0.05, 0.1) is 5.69 Å². The number of rotatable bonds is 4. The van der Waals surface area contributed by atoms with Gasteiger partial charge in [-0.25, -0.2) is 0 Å². The fraction of sp³-hybridized carbons (Fsp3) is 0.222. The van der Waals surface area contributed by atoms with Gasteiger partial charge >= 0.3 is 0 Å². The molecule has 2 N–H and O–H groups in total. The van der Waals surface area contributed by atoms with Crippen LogP contribution in [0.5, 0.6) is 5.75 Å². The van der Waals surface area contributed by atoms with Gasteiger partial charge in [-0.1, -0.05) is 29.8 Å². The van der Waals surface area contributed by atoms with Crippen molar-refractivity contribution in [3.63, 3.8) is 0 Å². The average molecular weight is 310 g/mol. The monoisotopic (exact) mass is 310 g/mol. The summed E-state index contributed by atoms with van der Waals surface area (Å²) in [7, 11) is 0. The lowest BCUT2D eigenvalue weighted by molar-refractivity contribution is -0.118. The van der Waals surface area contributed by atoms with Crippen LogP contribution in [0.3, 0.4) is 0 Å². The lowest BCUT2D eigenvalue weighted by Gasteiger charge is -2.18. The number of aryl methyl sites for hydroxylation is 2. The second kappa shape index (κ2) is 6.52. The molecule has 0 aromatic heterocycles. The van der Waals surface area contributed by atoms with Crippen LogP contribution >= 0.6 is 0 Å². The molecule has 0 aliphatic carbocycles. The minimum atomic E-state index is -0.194. The molecule has 2 aromatic rings. The van der Waals surface area contributed by atoms with Crippen molar-refractivity contribution >= 4 is 23.2 Å². The number of anilines is 2. The van der Waals surface area contributed by atoms with Gasteiger partial charge in [0.1, 0.15) is 5.75 Å². The van der Waals surface area contributed by atoms with E-state index in [1.54, 1.807) is 18.2 Å². The summed E-state index contributed by atoms with van der Waals surface area (Å²) in [6.07, 6.45) is 1.10. The van der Waals surface area contributed by atoms with E-state index in [4.69, 9.17) is 4.74 Å². The van der Waals surface area contributed by atoms with Crippen molar-refractivity contribution in [3.8, 4) is 5.75 Å². The van der Waals surface area contributed by atoms with Crippen LogP contribution < -0.4 is 15.4 Å². The highest BCUT2D eigenvalue weighted by Crippen LogP contribution is 2.30. The molecule has 0 spiro atoms. The first kappa shape index (κ1) is 15.1. The quantitative estimate of drug-likeness (QED) is 0.912. The Kier molecular flexibility index (Phi) is 4.28. The Balaban J connectivity index is 1.59. The fourth-order valence-corrected chi connectivity index (χ4v) is 2.51. The Bertz CT molecular complexity index is 756. The zero-order chi connectivity index (χ0) is 16.2. The van der Waals surface area contributed by atoms with Crippen LogP contribution in [0.1, 0.15) is 17.5 Å². The molecule has 3 rings (SSSR count). The first-order valence-corrected chi connectivity index (χ1v) is 7.52. The number of benzene rings is 2. The Morgan fingerprint density at radius 1 is 1.26 bits per heavy atom. The number of hydrogen-bond donors (Lipinski definition) is 2. The Hall–Kier alpha value is -2.82. The molecule has 5 heteroatoms. The van der Waals surface area contributed by atoms with Crippen molar-refractivity contribution in [2.24, 2.45) is 0 Å². The molecular weight excluding hydrogens is 292 g/mol. The summed E-state index contributed by atoms with van der Waals surface area (Å²) in [5, 5.41) is 5.57. The van der Waals surface area contributed by atoms with E-state index in [1.165, 1.54) is 5.56 Å². The largest absolute Gasteiger partial charge is 0.482 e. The molecule has 0 bridgehead atoms. The van der Waals surface area contributed by atoms with Crippen molar-refractivity contribution in [1.82, 2.24) is 0 Å². The summed E-state index contributed by atoms with van der Waals surface area (Å²) in [5.41, 5.74) is 3.56. The highest BCUT2D eigenvalue weighted by Gasteiger charge is 2.16. The molecule has 1 aliphatic heterocycles. The molecule has 118 valence electrons. The van der Waals surface area contributed by atoms with Gasteiger partial charge in [0.2, 0.25) is 5.91 Å². The van der Waals surface area contributed by atoms with Crippen LogP contribution in [-0.2, 0) is 16.0 Å². The number of nitrogens with one attached hydrogen (secondary N) is 2. The number of carbonyl (C=O) groups excluding carboxylic acids is 2. The predicted molar refractivity (Wildman–Crippen MR) is 88.7 cm³/mol. The molecule has 1 aliphatic rings. The van der Waals surface area contributed by atoms with E-state index in [1.807, 2.05) is 25.1 Å². The van der Waals surface area contributed by atoms with E-state index in [9.17, 15) is 9.59 Å². The summed E-state index contributed by atoms with van der Waals surface area (Å²) >= 11 is 0. The number of amides is 2. The first-order valence-electron chi connectivity index (χ1n) is 7.52. The van der Waals surface area contributed by atoms with E-state index < -0.39 is 0 Å². The van der Waals surface area contributed by atoms with Crippen molar-refractivity contribution in [2.45, 2.75) is 19.8 Å². The zero-order valence-corrected chi connectivity index (χ0v) is 12.9. The zero-order valence-electron chi connectivity index (χ0n) is 12.9. The third-order valence-electron chi connectivity index (χ3n) is 3.62. The van der Waals surface area contributed by atoms with Gasteiger partial charge in [-0.15, -0.1) is 0 Å². The maximum Gasteiger partial charge on any atom is 0.262 e. The number of fused-ring (bicyclic) bond motifs is 1. The normalized spacial score (nSPS) is 12.8. The summed E-state index contributed by atoms with van der Waals surface area (Å²) in [5.74, 6) is 0.359. The van der Waals surface area contributed by atoms with Crippen LogP contribution in [0, 0.1) is 6.92 Å². The van der Waals surface area contributed by atoms with Gasteiger partial charge < -0.3 is 15.4 Å². The third kappa shape index (κ3) is 3.88. The highest BCUT2D eigenvalue weighted by molar-refractivity contribution is 5.97. The van der Waals surface area contributed by atoms with Gasteiger partial charge in [-0.3, -0.25) is 9.59 Å². The highest BCUT2D eigenvalue weighted by atomic mass is 16.5. The Morgan fingerprint density at radius 3 is 2.96 bits per heavy atom. The lowest BCUT2D eigenvalue weighted by Crippen LogP contribution is -2.25. The Morgan fingerprint density at radius 2 is 2.13 bits per heavy atom. The SMILES string of the molecule is Cc1cccc(CCC(=O)Nc2ccc3c(c2)NC(=O)CO3)c1. The maximum atomic E-state index is 12.1. The van der Waals surface area contributed by atoms with Crippen LogP contribution in [0.2, 0.25) is 0 Å². The molecule has 0 atom stereocenters. The van der Waals surface area contributed by atoms with Crippen molar-refractivity contribution in [1.29, 1.82) is 0 Å². The van der Waals surface area contributed by atoms with Gasteiger partial charge in [-0.05, 0) is 37.1 Å². The molecule has 5 nitrogen and oxygen atoms in total.